The summed E-state index contributed by atoms with van der Waals surface area (Å²) >= 11 is 3.11. The molecule has 3 aromatic rings. The van der Waals surface area contributed by atoms with Gasteiger partial charge in [0, 0.05) is 28.1 Å². The number of aromatic nitrogens is 3. The van der Waals surface area contributed by atoms with E-state index in [0.29, 0.717) is 6.54 Å². The van der Waals surface area contributed by atoms with Crippen molar-refractivity contribution in [2.24, 2.45) is 0 Å². The number of amides is 1. The van der Waals surface area contributed by atoms with Crippen molar-refractivity contribution in [3.05, 3.63) is 58.3 Å². The summed E-state index contributed by atoms with van der Waals surface area (Å²) in [6.45, 7) is 10.6. The van der Waals surface area contributed by atoms with Gasteiger partial charge in [-0.2, -0.15) is 0 Å². The van der Waals surface area contributed by atoms with Gasteiger partial charge in [0.15, 0.2) is 11.0 Å². The van der Waals surface area contributed by atoms with Gasteiger partial charge in [-0.1, -0.05) is 30.8 Å². The van der Waals surface area contributed by atoms with Crippen LogP contribution in [0.25, 0.3) is 11.4 Å². The van der Waals surface area contributed by atoms with Gasteiger partial charge in [0.25, 0.3) is 0 Å². The zero-order valence-electron chi connectivity index (χ0n) is 16.4. The molecule has 3 rings (SSSR count). The average Bonchev–Trinajstić information content (AvgIpc) is 3.26. The smallest absolute Gasteiger partial charge is 0.234 e. The third-order valence-electron chi connectivity index (χ3n) is 4.13. The number of allylic oxidation sites excluding steroid dienone is 1. The van der Waals surface area contributed by atoms with Crippen LogP contribution in [0.15, 0.2) is 47.5 Å². The van der Waals surface area contributed by atoms with Gasteiger partial charge in [-0.3, -0.25) is 9.36 Å². The fraction of sp³-hybridized carbons (Fsp3) is 0.286. The first kappa shape index (κ1) is 20.4. The van der Waals surface area contributed by atoms with E-state index in [2.05, 4.69) is 46.5 Å². The van der Waals surface area contributed by atoms with Crippen LogP contribution in [0.4, 0.5) is 5.69 Å². The Balaban J connectivity index is 1.71. The molecular weight excluding hydrogens is 388 g/mol. The number of benzene rings is 1. The molecule has 0 unspecified atom stereocenters. The summed E-state index contributed by atoms with van der Waals surface area (Å²) in [6, 6.07) is 8.17. The Morgan fingerprint density at radius 2 is 2.00 bits per heavy atom. The summed E-state index contributed by atoms with van der Waals surface area (Å²) in [5.41, 5.74) is 4.13. The summed E-state index contributed by atoms with van der Waals surface area (Å²) in [5, 5.41) is 14.4. The zero-order valence-corrected chi connectivity index (χ0v) is 18.0. The lowest BCUT2D eigenvalue weighted by atomic mass is 10.1. The maximum atomic E-state index is 12.4. The van der Waals surface area contributed by atoms with Crippen LogP contribution < -0.4 is 5.32 Å². The summed E-state index contributed by atoms with van der Waals surface area (Å²) in [5.74, 6) is 1.02. The Morgan fingerprint density at radius 3 is 2.64 bits per heavy atom. The normalized spacial score (nSPS) is 10.8. The van der Waals surface area contributed by atoms with Gasteiger partial charge in [-0.05, 0) is 49.6 Å². The second kappa shape index (κ2) is 9.21. The molecule has 5 nitrogen and oxygen atoms in total. The van der Waals surface area contributed by atoms with Gasteiger partial charge < -0.3 is 5.32 Å². The van der Waals surface area contributed by atoms with E-state index in [1.807, 2.05) is 36.6 Å². The van der Waals surface area contributed by atoms with Crippen molar-refractivity contribution < 1.29 is 4.79 Å². The molecule has 146 valence electrons. The predicted molar refractivity (Wildman–Crippen MR) is 118 cm³/mol. The third kappa shape index (κ3) is 4.91. The SMILES string of the molecule is C=CCn1c(SCC(=O)Nc2cc(C)cc(C)c2)nnc1-c1csc(CC)c1. The van der Waals surface area contributed by atoms with Crippen molar-refractivity contribution in [2.45, 2.75) is 38.9 Å². The molecule has 0 bridgehead atoms. The van der Waals surface area contributed by atoms with Gasteiger partial charge in [-0.25, -0.2) is 0 Å². The Morgan fingerprint density at radius 1 is 1.25 bits per heavy atom. The molecule has 1 amide bonds. The molecule has 0 aliphatic heterocycles. The molecule has 0 radical (unpaired) electrons. The lowest BCUT2D eigenvalue weighted by molar-refractivity contribution is -0.113. The minimum absolute atomic E-state index is 0.0616. The summed E-state index contributed by atoms with van der Waals surface area (Å²) < 4.78 is 2.00. The molecule has 0 saturated heterocycles. The topological polar surface area (TPSA) is 59.8 Å². The first-order valence-electron chi connectivity index (χ1n) is 9.13. The third-order valence-corrected chi connectivity index (χ3v) is 6.17. The van der Waals surface area contributed by atoms with Crippen LogP contribution in [0, 0.1) is 13.8 Å². The van der Waals surface area contributed by atoms with Crippen LogP contribution in [0.1, 0.15) is 22.9 Å². The highest BCUT2D eigenvalue weighted by atomic mass is 32.2. The Kier molecular flexibility index (Phi) is 6.70. The Bertz CT molecular complexity index is 970. The molecule has 7 heteroatoms. The summed E-state index contributed by atoms with van der Waals surface area (Å²) in [4.78, 5) is 13.7. The fourth-order valence-electron chi connectivity index (χ4n) is 2.96. The van der Waals surface area contributed by atoms with Crippen LogP contribution in [0.5, 0.6) is 0 Å². The van der Waals surface area contributed by atoms with Crippen LogP contribution in [0.3, 0.4) is 0 Å². The maximum absolute atomic E-state index is 12.4. The standard InChI is InChI=1S/C21H24N4OS2/c1-5-7-25-20(16-11-18(6-2)27-12-16)23-24-21(25)28-13-19(26)22-17-9-14(3)8-15(4)10-17/h5,8-12H,1,6-7,13H2,2-4H3,(H,22,26). The number of carbonyl (C=O) groups excluding carboxylic acids is 1. The van der Waals surface area contributed by atoms with E-state index in [4.69, 9.17) is 0 Å². The maximum Gasteiger partial charge on any atom is 0.234 e. The molecule has 0 spiro atoms. The van der Waals surface area contributed by atoms with E-state index >= 15 is 0 Å². The Hall–Kier alpha value is -2.38. The summed E-state index contributed by atoms with van der Waals surface area (Å²) in [6.07, 6.45) is 2.82. The van der Waals surface area contributed by atoms with E-state index in [1.165, 1.54) is 16.6 Å². The van der Waals surface area contributed by atoms with Crippen molar-refractivity contribution in [2.75, 3.05) is 11.1 Å². The highest BCUT2D eigenvalue weighted by molar-refractivity contribution is 7.99. The second-order valence-electron chi connectivity index (χ2n) is 6.57. The number of nitrogens with one attached hydrogen (secondary N) is 1. The van der Waals surface area contributed by atoms with E-state index in [0.717, 1.165) is 39.8 Å². The quantitative estimate of drug-likeness (QED) is 0.413. The molecule has 1 N–H and O–H groups in total. The first-order valence-corrected chi connectivity index (χ1v) is 11.0. The number of hydrogen-bond donors (Lipinski definition) is 1. The number of anilines is 1. The van der Waals surface area contributed by atoms with Crippen LogP contribution in [-0.2, 0) is 17.8 Å². The number of thioether (sulfide) groups is 1. The van der Waals surface area contributed by atoms with E-state index < -0.39 is 0 Å². The molecule has 0 aliphatic rings. The van der Waals surface area contributed by atoms with Gasteiger partial charge in [0.1, 0.15) is 0 Å². The number of nitrogens with zero attached hydrogens (tertiary/aromatic N) is 3. The highest BCUT2D eigenvalue weighted by Gasteiger charge is 2.16. The lowest BCUT2D eigenvalue weighted by Gasteiger charge is -2.08. The second-order valence-corrected chi connectivity index (χ2v) is 8.51. The van der Waals surface area contributed by atoms with Crippen molar-refractivity contribution in [1.29, 1.82) is 0 Å². The van der Waals surface area contributed by atoms with Gasteiger partial charge in [-0.15, -0.1) is 28.1 Å². The molecule has 0 aliphatic carbocycles. The van der Waals surface area contributed by atoms with Crippen LogP contribution >= 0.6 is 23.1 Å². The van der Waals surface area contributed by atoms with Gasteiger partial charge in [0.05, 0.1) is 5.75 Å². The molecule has 0 saturated carbocycles. The molecule has 2 heterocycles. The van der Waals surface area contributed by atoms with Crippen molar-refractivity contribution in [3.8, 4) is 11.4 Å². The van der Waals surface area contributed by atoms with Crippen molar-refractivity contribution in [1.82, 2.24) is 14.8 Å². The molecule has 0 fully saturated rings. The highest BCUT2D eigenvalue weighted by Crippen LogP contribution is 2.28. The van der Waals surface area contributed by atoms with E-state index in [1.54, 1.807) is 11.3 Å². The minimum atomic E-state index is -0.0616. The molecular formula is C21H24N4OS2. The molecule has 0 atom stereocenters. The lowest BCUT2D eigenvalue weighted by Crippen LogP contribution is -2.15. The molecule has 2 aromatic heterocycles. The number of aryl methyl sites for hydroxylation is 3. The number of thiophene rings is 1. The first-order chi connectivity index (χ1) is 13.5. The predicted octanol–water partition coefficient (Wildman–Crippen LogP) is 5.10. The average molecular weight is 413 g/mol. The van der Waals surface area contributed by atoms with Gasteiger partial charge >= 0.3 is 0 Å². The van der Waals surface area contributed by atoms with Crippen molar-refractivity contribution >= 4 is 34.7 Å². The largest absolute Gasteiger partial charge is 0.325 e. The van der Waals surface area contributed by atoms with Gasteiger partial charge in [0.2, 0.25) is 5.91 Å². The fourth-order valence-corrected chi connectivity index (χ4v) is 4.52. The number of carbonyl (C=O) groups is 1. The number of hydrogen-bond acceptors (Lipinski definition) is 5. The van der Waals surface area contributed by atoms with E-state index in [-0.39, 0.29) is 11.7 Å². The van der Waals surface area contributed by atoms with Crippen LogP contribution in [-0.4, -0.2) is 26.4 Å². The monoisotopic (exact) mass is 412 g/mol. The summed E-state index contributed by atoms with van der Waals surface area (Å²) in [7, 11) is 0. The van der Waals surface area contributed by atoms with Crippen molar-refractivity contribution in [3.63, 3.8) is 0 Å². The molecule has 1 aromatic carbocycles. The molecule has 28 heavy (non-hydrogen) atoms. The van der Waals surface area contributed by atoms with E-state index in [9.17, 15) is 4.79 Å². The van der Waals surface area contributed by atoms with Crippen LogP contribution in [0.2, 0.25) is 0 Å². The Labute approximate surface area is 173 Å². The minimum Gasteiger partial charge on any atom is -0.325 e. The number of rotatable bonds is 8. The zero-order chi connectivity index (χ0) is 20.1.